The highest BCUT2D eigenvalue weighted by Crippen LogP contribution is 2.29. The van der Waals surface area contributed by atoms with E-state index in [1.807, 2.05) is 17.6 Å². The molecule has 2 aromatic carbocycles. The molecule has 1 N–H and O–H groups in total. The number of nitrogens with zero attached hydrogens (tertiary/aromatic N) is 1. The van der Waals surface area contributed by atoms with E-state index in [1.165, 1.54) is 12.1 Å². The summed E-state index contributed by atoms with van der Waals surface area (Å²) in [7, 11) is 0. The van der Waals surface area contributed by atoms with Gasteiger partial charge < -0.3 is 19.0 Å². The van der Waals surface area contributed by atoms with Gasteiger partial charge in [-0.1, -0.05) is 24.3 Å². The third-order valence-electron chi connectivity index (χ3n) is 6.23. The van der Waals surface area contributed by atoms with Gasteiger partial charge in [0.15, 0.2) is 18.2 Å². The van der Waals surface area contributed by atoms with Crippen molar-refractivity contribution in [3.05, 3.63) is 112 Å². The number of ether oxygens (including phenoxy) is 1. The highest BCUT2D eigenvalue weighted by molar-refractivity contribution is 6.28. The predicted molar refractivity (Wildman–Crippen MR) is 130 cm³/mol. The van der Waals surface area contributed by atoms with Gasteiger partial charge in [-0.15, -0.1) is 0 Å². The summed E-state index contributed by atoms with van der Waals surface area (Å²) < 4.78 is 12.6. The number of esters is 1. The number of hydrogen-bond acceptors (Lipinski definition) is 6. The number of rotatable bonds is 6. The van der Waals surface area contributed by atoms with Crippen molar-refractivity contribution >= 4 is 29.1 Å². The molecular formula is C28H22N2O6. The number of hydrogen-bond donors (Lipinski definition) is 1. The number of aryl methyl sites for hydroxylation is 1. The van der Waals surface area contributed by atoms with Crippen molar-refractivity contribution in [1.82, 2.24) is 4.57 Å². The number of ketones is 2. The SMILES string of the molecule is Cc1cc(C(=O)OCC(=O)Nc2ccc3c(c2)C(=O)c2ccccc2C3=O)c(C)n1Cc1ccco1. The molecular weight excluding hydrogens is 460 g/mol. The zero-order chi connectivity index (χ0) is 25.4. The highest BCUT2D eigenvalue weighted by atomic mass is 16.5. The summed E-state index contributed by atoms with van der Waals surface area (Å²) in [5, 5.41) is 2.62. The second kappa shape index (κ2) is 9.14. The first kappa shape index (κ1) is 23.0. The monoisotopic (exact) mass is 482 g/mol. The van der Waals surface area contributed by atoms with E-state index in [-0.39, 0.29) is 22.7 Å². The maximum atomic E-state index is 12.9. The van der Waals surface area contributed by atoms with Gasteiger partial charge in [-0.25, -0.2) is 4.79 Å². The van der Waals surface area contributed by atoms with E-state index >= 15 is 0 Å². The molecule has 0 saturated carbocycles. The minimum Gasteiger partial charge on any atom is -0.467 e. The molecule has 2 aromatic heterocycles. The van der Waals surface area contributed by atoms with Crippen LogP contribution in [0.15, 0.2) is 71.3 Å². The minimum atomic E-state index is -0.619. The van der Waals surface area contributed by atoms with Gasteiger partial charge in [0.2, 0.25) is 0 Å². The molecule has 5 rings (SSSR count). The number of aromatic nitrogens is 1. The summed E-state index contributed by atoms with van der Waals surface area (Å²) in [5.41, 5.74) is 3.45. The Bertz CT molecular complexity index is 1530. The van der Waals surface area contributed by atoms with E-state index in [9.17, 15) is 19.2 Å². The normalized spacial score (nSPS) is 12.2. The molecule has 180 valence electrons. The van der Waals surface area contributed by atoms with E-state index in [2.05, 4.69) is 5.32 Å². The zero-order valence-electron chi connectivity index (χ0n) is 19.7. The summed E-state index contributed by atoms with van der Waals surface area (Å²) in [6.07, 6.45) is 1.59. The summed E-state index contributed by atoms with van der Waals surface area (Å²) in [6, 6.07) is 16.5. The molecule has 1 aliphatic rings. The summed E-state index contributed by atoms with van der Waals surface area (Å²) in [6.45, 7) is 3.64. The van der Waals surface area contributed by atoms with E-state index in [0.717, 1.165) is 11.5 Å². The Hall–Kier alpha value is -4.72. The molecule has 0 bridgehead atoms. The lowest BCUT2D eigenvalue weighted by molar-refractivity contribution is -0.119. The van der Waals surface area contributed by atoms with E-state index in [0.29, 0.717) is 34.6 Å². The number of carbonyl (C=O) groups excluding carboxylic acids is 4. The van der Waals surface area contributed by atoms with Crippen molar-refractivity contribution in [2.75, 3.05) is 11.9 Å². The molecule has 0 fully saturated rings. The molecule has 8 heteroatoms. The topological polar surface area (TPSA) is 108 Å². The first-order valence-electron chi connectivity index (χ1n) is 11.3. The average molecular weight is 482 g/mol. The highest BCUT2D eigenvalue weighted by Gasteiger charge is 2.29. The standard InChI is InChI=1S/C28H22N2O6/c1-16-12-23(17(2)30(16)14-19-6-5-11-35-19)28(34)36-15-25(31)29-18-9-10-22-24(13-18)27(33)21-8-4-3-7-20(21)26(22)32/h3-13H,14-15H2,1-2H3,(H,29,31). The Morgan fingerprint density at radius 3 is 2.28 bits per heavy atom. The van der Waals surface area contributed by atoms with Gasteiger partial charge in [0.05, 0.1) is 18.4 Å². The van der Waals surface area contributed by atoms with Crippen molar-refractivity contribution in [3.8, 4) is 0 Å². The molecule has 1 aliphatic carbocycles. The molecule has 0 radical (unpaired) electrons. The smallest absolute Gasteiger partial charge is 0.340 e. The zero-order valence-corrected chi connectivity index (χ0v) is 19.7. The van der Waals surface area contributed by atoms with Gasteiger partial charge in [-0.3, -0.25) is 14.4 Å². The molecule has 0 unspecified atom stereocenters. The molecule has 2 heterocycles. The van der Waals surface area contributed by atoms with Crippen LogP contribution in [0, 0.1) is 13.8 Å². The van der Waals surface area contributed by atoms with Gasteiger partial charge in [-0.05, 0) is 50.2 Å². The Morgan fingerprint density at radius 1 is 0.889 bits per heavy atom. The summed E-state index contributed by atoms with van der Waals surface area (Å²) >= 11 is 0. The first-order chi connectivity index (χ1) is 17.3. The van der Waals surface area contributed by atoms with Crippen molar-refractivity contribution in [1.29, 1.82) is 0 Å². The molecule has 36 heavy (non-hydrogen) atoms. The van der Waals surface area contributed by atoms with Gasteiger partial charge in [0.25, 0.3) is 5.91 Å². The number of amides is 1. The molecule has 4 aromatic rings. The maximum Gasteiger partial charge on any atom is 0.340 e. The molecule has 8 nitrogen and oxygen atoms in total. The van der Waals surface area contributed by atoms with Crippen LogP contribution < -0.4 is 5.32 Å². The first-order valence-corrected chi connectivity index (χ1v) is 11.3. The van der Waals surface area contributed by atoms with Crippen LogP contribution in [0.1, 0.15) is 59.3 Å². The third-order valence-corrected chi connectivity index (χ3v) is 6.23. The maximum absolute atomic E-state index is 12.9. The van der Waals surface area contributed by atoms with E-state index < -0.39 is 18.5 Å². The van der Waals surface area contributed by atoms with E-state index in [1.54, 1.807) is 55.7 Å². The van der Waals surface area contributed by atoms with Crippen LogP contribution >= 0.6 is 0 Å². The molecule has 1 amide bonds. The predicted octanol–water partition coefficient (Wildman–Crippen LogP) is 4.32. The number of benzene rings is 2. The van der Waals surface area contributed by atoms with Crippen LogP contribution in [-0.4, -0.2) is 34.6 Å². The molecule has 0 spiro atoms. The van der Waals surface area contributed by atoms with Gasteiger partial charge in [-0.2, -0.15) is 0 Å². The van der Waals surface area contributed by atoms with E-state index in [4.69, 9.17) is 9.15 Å². The Morgan fingerprint density at radius 2 is 1.58 bits per heavy atom. The fourth-order valence-electron chi connectivity index (χ4n) is 4.39. The lowest BCUT2D eigenvalue weighted by Gasteiger charge is -2.18. The molecule has 0 saturated heterocycles. The fraction of sp³-hybridized carbons (Fsp3) is 0.143. The number of nitrogens with one attached hydrogen (secondary N) is 1. The lowest BCUT2D eigenvalue weighted by atomic mass is 9.84. The Labute approximate surface area is 206 Å². The van der Waals surface area contributed by atoms with Crippen LogP contribution in [-0.2, 0) is 16.1 Å². The van der Waals surface area contributed by atoms with Gasteiger partial charge >= 0.3 is 5.97 Å². The van der Waals surface area contributed by atoms with Crippen molar-refractivity contribution in [3.63, 3.8) is 0 Å². The molecule has 0 atom stereocenters. The number of furan rings is 1. The average Bonchev–Trinajstić information content (AvgIpc) is 3.50. The van der Waals surface area contributed by atoms with Crippen molar-refractivity contribution < 1.29 is 28.3 Å². The van der Waals surface area contributed by atoms with Gasteiger partial charge in [0, 0.05) is 39.3 Å². The Kier molecular flexibility index (Phi) is 5.85. The van der Waals surface area contributed by atoms with Crippen LogP contribution in [0.5, 0.6) is 0 Å². The second-order valence-corrected chi connectivity index (χ2v) is 8.54. The summed E-state index contributed by atoms with van der Waals surface area (Å²) in [4.78, 5) is 50.7. The third kappa shape index (κ3) is 4.13. The van der Waals surface area contributed by atoms with Gasteiger partial charge in [0.1, 0.15) is 5.76 Å². The van der Waals surface area contributed by atoms with Crippen LogP contribution in [0.25, 0.3) is 0 Å². The van der Waals surface area contributed by atoms with Crippen LogP contribution in [0.2, 0.25) is 0 Å². The van der Waals surface area contributed by atoms with Crippen LogP contribution in [0.4, 0.5) is 5.69 Å². The molecule has 0 aliphatic heterocycles. The summed E-state index contributed by atoms with van der Waals surface area (Å²) in [5.74, 6) is -0.955. The largest absolute Gasteiger partial charge is 0.467 e. The fourth-order valence-corrected chi connectivity index (χ4v) is 4.39. The number of fused-ring (bicyclic) bond motifs is 2. The lowest BCUT2D eigenvalue weighted by Crippen LogP contribution is -2.23. The van der Waals surface area contributed by atoms with Crippen molar-refractivity contribution in [2.45, 2.75) is 20.4 Å². The minimum absolute atomic E-state index is 0.220. The van der Waals surface area contributed by atoms with Crippen molar-refractivity contribution in [2.24, 2.45) is 0 Å². The second-order valence-electron chi connectivity index (χ2n) is 8.54. The Balaban J connectivity index is 1.25. The van der Waals surface area contributed by atoms with Crippen LogP contribution in [0.3, 0.4) is 0 Å². The number of anilines is 1. The quantitative estimate of drug-likeness (QED) is 0.361. The number of carbonyl (C=O) groups is 4.